The lowest BCUT2D eigenvalue weighted by molar-refractivity contribution is -0.142. The van der Waals surface area contributed by atoms with Gasteiger partial charge in [0.2, 0.25) is 0 Å². The third-order valence-electron chi connectivity index (χ3n) is 6.34. The molecule has 0 aliphatic heterocycles. The number of amides is 1. The molecule has 1 atom stereocenters. The smallest absolute Gasteiger partial charge is 0.328 e. The van der Waals surface area contributed by atoms with Crippen LogP contribution in [0.4, 0.5) is 0 Å². The van der Waals surface area contributed by atoms with Crippen LogP contribution in [0, 0.1) is 0 Å². The number of methoxy groups -OCH3 is 1. The molecule has 0 bridgehead atoms. The summed E-state index contributed by atoms with van der Waals surface area (Å²) in [4.78, 5) is 25.9. The van der Waals surface area contributed by atoms with E-state index in [9.17, 15) is 9.59 Å². The Hall–Kier alpha value is -4.44. The molecular weight excluding hydrogens is 434 g/mol. The van der Waals surface area contributed by atoms with E-state index in [1.54, 1.807) is 12.1 Å². The zero-order valence-electron chi connectivity index (χ0n) is 19.4. The van der Waals surface area contributed by atoms with E-state index in [4.69, 9.17) is 4.74 Å². The largest absolute Gasteiger partial charge is 0.467 e. The van der Waals surface area contributed by atoms with Crippen molar-refractivity contribution in [2.45, 2.75) is 12.5 Å². The molecular formula is C31H25NO3. The first-order valence-corrected chi connectivity index (χ1v) is 11.6. The van der Waals surface area contributed by atoms with Crippen molar-refractivity contribution < 1.29 is 14.3 Å². The van der Waals surface area contributed by atoms with Crippen molar-refractivity contribution in [1.82, 2.24) is 5.32 Å². The number of ether oxygens (including phenoxy) is 1. The maximum absolute atomic E-state index is 13.1. The van der Waals surface area contributed by atoms with Gasteiger partial charge in [-0.25, -0.2) is 4.79 Å². The number of benzene rings is 5. The number of esters is 1. The summed E-state index contributed by atoms with van der Waals surface area (Å²) in [5, 5.41) is 7.20. The summed E-state index contributed by atoms with van der Waals surface area (Å²) in [5.41, 5.74) is 3.60. The van der Waals surface area contributed by atoms with Gasteiger partial charge in [-0.2, -0.15) is 0 Å². The maximum atomic E-state index is 13.1. The summed E-state index contributed by atoms with van der Waals surface area (Å²) in [7, 11) is 1.34. The Bertz CT molecular complexity index is 1450. The highest BCUT2D eigenvalue weighted by Gasteiger charge is 2.24. The molecule has 5 rings (SSSR count). The van der Waals surface area contributed by atoms with E-state index in [1.165, 1.54) is 7.11 Å². The minimum Gasteiger partial charge on any atom is -0.467 e. The molecule has 4 heteroatoms. The minimum absolute atomic E-state index is 0.315. The third kappa shape index (κ3) is 4.64. The summed E-state index contributed by atoms with van der Waals surface area (Å²) < 4.78 is 5.07. The van der Waals surface area contributed by atoms with Crippen LogP contribution in [0.1, 0.15) is 15.9 Å². The molecule has 5 aromatic rings. The molecule has 0 aliphatic carbocycles. The molecule has 0 heterocycles. The monoisotopic (exact) mass is 459 g/mol. The highest BCUT2D eigenvalue weighted by Crippen LogP contribution is 2.29. The normalized spacial score (nSPS) is 11.8. The number of rotatable bonds is 6. The summed E-state index contributed by atoms with van der Waals surface area (Å²) >= 11 is 0. The molecule has 172 valence electrons. The molecule has 0 saturated heterocycles. The fraction of sp³-hybridized carbons (Fsp3) is 0.0968. The van der Waals surface area contributed by atoms with Gasteiger partial charge in [0.1, 0.15) is 6.04 Å². The van der Waals surface area contributed by atoms with Gasteiger partial charge in [-0.05, 0) is 56.4 Å². The standard InChI is InChI=1S/C31H25NO3/c1-35-31(34)29(32-30(33)23-17-15-22(16-18-23)21-9-3-2-4-10-21)20-28-26-13-7-5-11-24(26)19-25-12-6-8-14-27(25)28/h2-19,29H,20H2,1H3,(H,32,33)/t29-/m0/s1. The fourth-order valence-corrected chi connectivity index (χ4v) is 4.55. The van der Waals surface area contributed by atoms with Crippen molar-refractivity contribution >= 4 is 33.4 Å². The van der Waals surface area contributed by atoms with Crippen LogP contribution in [0.2, 0.25) is 0 Å². The SMILES string of the molecule is COC(=O)[C@H](Cc1c2ccccc2cc2ccccc12)NC(=O)c1ccc(-c2ccccc2)cc1. The summed E-state index contributed by atoms with van der Waals surface area (Å²) in [6, 6.07) is 34.9. The second-order valence-electron chi connectivity index (χ2n) is 8.49. The average Bonchev–Trinajstić information content (AvgIpc) is 2.92. The van der Waals surface area contributed by atoms with Gasteiger partial charge in [-0.15, -0.1) is 0 Å². The number of carbonyl (C=O) groups excluding carboxylic acids is 2. The molecule has 0 aromatic heterocycles. The first-order chi connectivity index (χ1) is 17.1. The quantitative estimate of drug-likeness (QED) is 0.244. The van der Waals surface area contributed by atoms with Crippen molar-refractivity contribution in [3.05, 3.63) is 120 Å². The minimum atomic E-state index is -0.824. The first kappa shape index (κ1) is 22.4. The second kappa shape index (κ2) is 9.82. The van der Waals surface area contributed by atoms with Crippen molar-refractivity contribution in [1.29, 1.82) is 0 Å². The van der Waals surface area contributed by atoms with E-state index in [0.717, 1.165) is 38.2 Å². The summed E-state index contributed by atoms with van der Waals surface area (Å²) in [6.45, 7) is 0. The molecule has 35 heavy (non-hydrogen) atoms. The number of nitrogens with one attached hydrogen (secondary N) is 1. The van der Waals surface area contributed by atoms with Crippen molar-refractivity contribution in [2.75, 3.05) is 7.11 Å². The molecule has 1 amide bonds. The van der Waals surface area contributed by atoms with Crippen molar-refractivity contribution in [2.24, 2.45) is 0 Å². The Balaban J connectivity index is 1.45. The van der Waals surface area contributed by atoms with Gasteiger partial charge < -0.3 is 10.1 Å². The Labute approximate surface area is 204 Å². The highest BCUT2D eigenvalue weighted by atomic mass is 16.5. The van der Waals surface area contributed by atoms with Crippen molar-refractivity contribution in [3.8, 4) is 11.1 Å². The van der Waals surface area contributed by atoms with Crippen molar-refractivity contribution in [3.63, 3.8) is 0 Å². The van der Waals surface area contributed by atoms with Crippen LogP contribution >= 0.6 is 0 Å². The van der Waals surface area contributed by atoms with E-state index in [2.05, 4.69) is 35.6 Å². The van der Waals surface area contributed by atoms with E-state index in [-0.39, 0.29) is 5.91 Å². The first-order valence-electron chi connectivity index (χ1n) is 11.6. The van der Waals surface area contributed by atoms with E-state index >= 15 is 0 Å². The molecule has 0 unspecified atom stereocenters. The molecule has 0 saturated carbocycles. The molecule has 0 radical (unpaired) electrons. The van der Waals surface area contributed by atoms with Gasteiger partial charge in [0.25, 0.3) is 5.91 Å². The third-order valence-corrected chi connectivity index (χ3v) is 6.34. The lowest BCUT2D eigenvalue weighted by Crippen LogP contribution is -2.43. The summed E-state index contributed by atoms with van der Waals surface area (Å²) in [6.07, 6.45) is 0.322. The van der Waals surface area contributed by atoms with E-state index in [1.807, 2.05) is 66.7 Å². The fourth-order valence-electron chi connectivity index (χ4n) is 4.55. The molecule has 0 spiro atoms. The van der Waals surface area contributed by atoms with Gasteiger partial charge >= 0.3 is 5.97 Å². The van der Waals surface area contributed by atoms with Gasteiger partial charge in [0.05, 0.1) is 7.11 Å². The number of hydrogen-bond acceptors (Lipinski definition) is 3. The predicted molar refractivity (Wildman–Crippen MR) is 140 cm³/mol. The Morgan fingerprint density at radius 1 is 0.714 bits per heavy atom. The molecule has 0 aliphatic rings. The number of hydrogen-bond donors (Lipinski definition) is 1. The Morgan fingerprint density at radius 2 is 1.26 bits per heavy atom. The molecule has 0 fully saturated rings. The van der Waals surface area contributed by atoms with Crippen LogP contribution in [0.25, 0.3) is 32.7 Å². The van der Waals surface area contributed by atoms with Crippen LogP contribution in [0.5, 0.6) is 0 Å². The van der Waals surface area contributed by atoms with Crippen LogP contribution in [0.15, 0.2) is 109 Å². The summed E-state index contributed by atoms with van der Waals surface area (Å²) in [5.74, 6) is -0.791. The van der Waals surface area contributed by atoms with Gasteiger partial charge in [-0.1, -0.05) is 91.0 Å². The number of carbonyl (C=O) groups is 2. The van der Waals surface area contributed by atoms with Crippen LogP contribution in [0.3, 0.4) is 0 Å². The molecule has 5 aromatic carbocycles. The van der Waals surface area contributed by atoms with Gasteiger partial charge in [0.15, 0.2) is 0 Å². The topological polar surface area (TPSA) is 55.4 Å². The van der Waals surface area contributed by atoms with E-state index < -0.39 is 12.0 Å². The zero-order valence-corrected chi connectivity index (χ0v) is 19.4. The number of fused-ring (bicyclic) bond motifs is 2. The van der Waals surface area contributed by atoms with E-state index in [0.29, 0.717) is 12.0 Å². The average molecular weight is 460 g/mol. The van der Waals surface area contributed by atoms with Gasteiger partial charge in [0, 0.05) is 12.0 Å². The maximum Gasteiger partial charge on any atom is 0.328 e. The van der Waals surface area contributed by atoms with Crippen LogP contribution < -0.4 is 5.32 Å². The van der Waals surface area contributed by atoms with Gasteiger partial charge in [-0.3, -0.25) is 4.79 Å². The lowest BCUT2D eigenvalue weighted by atomic mass is 9.92. The molecule has 4 nitrogen and oxygen atoms in total. The molecule has 1 N–H and O–H groups in total. The van der Waals surface area contributed by atoms with Crippen LogP contribution in [-0.4, -0.2) is 25.0 Å². The van der Waals surface area contributed by atoms with Crippen LogP contribution in [-0.2, 0) is 16.0 Å². The zero-order chi connectivity index (χ0) is 24.2. The Morgan fingerprint density at radius 3 is 1.86 bits per heavy atom. The lowest BCUT2D eigenvalue weighted by Gasteiger charge is -2.19. The predicted octanol–water partition coefficient (Wildman–Crippen LogP) is 6.17. The second-order valence-corrected chi connectivity index (χ2v) is 8.49. The highest BCUT2D eigenvalue weighted by molar-refractivity contribution is 6.03. The Kier molecular flexibility index (Phi) is 6.27.